The molecule has 0 spiro atoms. The van der Waals surface area contributed by atoms with E-state index in [0.717, 1.165) is 13.1 Å². The highest BCUT2D eigenvalue weighted by atomic mass is 32.2. The van der Waals surface area contributed by atoms with Gasteiger partial charge in [0.05, 0.1) is 5.75 Å². The van der Waals surface area contributed by atoms with Crippen LogP contribution >= 0.6 is 11.8 Å². The molecule has 3 N–H and O–H groups in total. The van der Waals surface area contributed by atoms with E-state index < -0.39 is 0 Å². The number of thioether (sulfide) groups is 1. The van der Waals surface area contributed by atoms with Gasteiger partial charge in [-0.15, -0.1) is 0 Å². The van der Waals surface area contributed by atoms with Crippen molar-refractivity contribution < 1.29 is 4.79 Å². The molecular weight excluding hydrogens is 252 g/mol. The van der Waals surface area contributed by atoms with E-state index in [-0.39, 0.29) is 17.6 Å². The maximum absolute atomic E-state index is 11.2. The van der Waals surface area contributed by atoms with Crippen LogP contribution in [0.2, 0.25) is 0 Å². The van der Waals surface area contributed by atoms with Crippen molar-refractivity contribution >= 4 is 29.6 Å². The molecule has 1 aromatic rings. The number of rotatable bonds is 6. The van der Waals surface area contributed by atoms with Crippen LogP contribution in [0.25, 0.3) is 0 Å². The molecule has 0 saturated carbocycles. The van der Waals surface area contributed by atoms with Crippen LogP contribution in [0.15, 0.2) is 5.16 Å². The number of anilines is 2. The predicted molar refractivity (Wildman–Crippen MR) is 72.6 cm³/mol. The Bertz CT molecular complexity index is 409. The average molecular weight is 270 g/mol. The summed E-state index contributed by atoms with van der Waals surface area (Å²) < 4.78 is 0. The number of nitrogens with one attached hydrogen (secondary N) is 1. The van der Waals surface area contributed by atoms with Gasteiger partial charge in [-0.25, -0.2) is 0 Å². The molecule has 1 rings (SSSR count). The third kappa shape index (κ3) is 4.02. The molecule has 8 heteroatoms. The molecule has 0 bridgehead atoms. The van der Waals surface area contributed by atoms with Crippen LogP contribution in [0.1, 0.15) is 13.8 Å². The molecule has 0 aliphatic heterocycles. The van der Waals surface area contributed by atoms with E-state index in [9.17, 15) is 4.79 Å². The lowest BCUT2D eigenvalue weighted by atomic mass is 10.5. The van der Waals surface area contributed by atoms with Gasteiger partial charge < -0.3 is 16.0 Å². The van der Waals surface area contributed by atoms with Gasteiger partial charge in [-0.05, 0) is 13.8 Å². The first kappa shape index (κ1) is 14.5. The van der Waals surface area contributed by atoms with Crippen LogP contribution in [-0.4, -0.2) is 46.7 Å². The summed E-state index contributed by atoms with van der Waals surface area (Å²) in [6.07, 6.45) is 0. The third-order valence-corrected chi connectivity index (χ3v) is 3.13. The van der Waals surface area contributed by atoms with E-state index in [4.69, 9.17) is 5.73 Å². The molecule has 0 aromatic carbocycles. The van der Waals surface area contributed by atoms with Gasteiger partial charge in [-0.1, -0.05) is 11.8 Å². The van der Waals surface area contributed by atoms with Crippen LogP contribution in [0, 0.1) is 0 Å². The molecule has 1 amide bonds. The van der Waals surface area contributed by atoms with E-state index >= 15 is 0 Å². The van der Waals surface area contributed by atoms with E-state index in [0.29, 0.717) is 11.1 Å². The molecule has 7 nitrogen and oxygen atoms in total. The van der Waals surface area contributed by atoms with Crippen molar-refractivity contribution in [1.82, 2.24) is 20.3 Å². The van der Waals surface area contributed by atoms with Crippen LogP contribution in [0.4, 0.5) is 11.9 Å². The fourth-order valence-electron chi connectivity index (χ4n) is 1.28. The molecule has 1 heterocycles. The molecule has 0 fully saturated rings. The van der Waals surface area contributed by atoms with Crippen LogP contribution < -0.4 is 16.0 Å². The fraction of sp³-hybridized carbons (Fsp3) is 0.600. The Morgan fingerprint density at radius 2 is 2.00 bits per heavy atom. The summed E-state index contributed by atoms with van der Waals surface area (Å²) in [5.41, 5.74) is 5.64. The highest BCUT2D eigenvalue weighted by Crippen LogP contribution is 2.17. The molecule has 0 unspecified atom stereocenters. The van der Waals surface area contributed by atoms with Gasteiger partial charge >= 0.3 is 0 Å². The van der Waals surface area contributed by atoms with Crippen molar-refractivity contribution in [3.05, 3.63) is 0 Å². The molecule has 0 aliphatic carbocycles. The fourth-order valence-corrected chi connectivity index (χ4v) is 1.98. The first-order valence-electron chi connectivity index (χ1n) is 5.70. The molecular formula is C10H18N6OS. The minimum atomic E-state index is -0.0802. The molecule has 100 valence electrons. The van der Waals surface area contributed by atoms with Gasteiger partial charge in [0, 0.05) is 20.1 Å². The number of nitrogens with zero attached hydrogens (tertiary/aromatic N) is 4. The summed E-state index contributed by atoms with van der Waals surface area (Å²) >= 11 is 1.24. The van der Waals surface area contributed by atoms with E-state index in [2.05, 4.69) is 20.3 Å². The normalized spacial score (nSPS) is 10.2. The lowest BCUT2D eigenvalue weighted by Crippen LogP contribution is -2.25. The summed E-state index contributed by atoms with van der Waals surface area (Å²) in [5, 5.41) is 3.00. The molecule has 0 saturated heterocycles. The zero-order valence-corrected chi connectivity index (χ0v) is 11.6. The van der Waals surface area contributed by atoms with Crippen molar-refractivity contribution in [2.75, 3.05) is 36.5 Å². The number of nitrogens with two attached hydrogens (primary N) is 1. The SMILES string of the molecule is CCN(CC)c1nc(N)nc(SCC(=O)NC)n1. The van der Waals surface area contributed by atoms with Crippen LogP contribution in [0.3, 0.4) is 0 Å². The number of nitrogen functional groups attached to an aromatic ring is 1. The van der Waals surface area contributed by atoms with E-state index in [1.807, 2.05) is 18.7 Å². The minimum Gasteiger partial charge on any atom is -0.368 e. The number of carbonyl (C=O) groups excluding carboxylic acids is 1. The number of hydrogen-bond donors (Lipinski definition) is 2. The van der Waals surface area contributed by atoms with Gasteiger partial charge in [-0.3, -0.25) is 4.79 Å². The summed E-state index contributed by atoms with van der Waals surface area (Å²) in [6, 6.07) is 0. The van der Waals surface area contributed by atoms with E-state index in [1.54, 1.807) is 7.05 Å². The molecule has 0 radical (unpaired) electrons. The number of amides is 1. The van der Waals surface area contributed by atoms with Crippen molar-refractivity contribution in [3.8, 4) is 0 Å². The number of carbonyl (C=O) groups is 1. The average Bonchev–Trinajstić information content (AvgIpc) is 2.37. The number of aromatic nitrogens is 3. The van der Waals surface area contributed by atoms with Crippen LogP contribution in [0.5, 0.6) is 0 Å². The summed E-state index contributed by atoms with van der Waals surface area (Å²) in [4.78, 5) is 25.5. The predicted octanol–water partition coefficient (Wildman–Crippen LogP) is 0.138. The van der Waals surface area contributed by atoms with Crippen LogP contribution in [-0.2, 0) is 4.79 Å². The Kier molecular flexibility index (Phi) is 5.63. The topological polar surface area (TPSA) is 97.0 Å². The Hall–Kier alpha value is -1.57. The monoisotopic (exact) mass is 270 g/mol. The molecule has 0 aliphatic rings. The van der Waals surface area contributed by atoms with Crippen molar-refractivity contribution in [3.63, 3.8) is 0 Å². The largest absolute Gasteiger partial charge is 0.368 e. The van der Waals surface area contributed by atoms with Gasteiger partial charge in [0.25, 0.3) is 0 Å². The second-order valence-electron chi connectivity index (χ2n) is 3.41. The Morgan fingerprint density at radius 1 is 1.33 bits per heavy atom. The second kappa shape index (κ2) is 7.00. The lowest BCUT2D eigenvalue weighted by Gasteiger charge is -2.18. The minimum absolute atomic E-state index is 0.0802. The molecule has 18 heavy (non-hydrogen) atoms. The summed E-state index contributed by atoms with van der Waals surface area (Å²) in [7, 11) is 1.59. The highest BCUT2D eigenvalue weighted by Gasteiger charge is 2.11. The molecule has 0 atom stereocenters. The maximum atomic E-state index is 11.2. The molecule has 1 aromatic heterocycles. The Labute approximate surface area is 111 Å². The standard InChI is InChI=1S/C10H18N6OS/c1-4-16(5-2)9-13-8(11)14-10(15-9)18-6-7(17)12-3/h4-6H2,1-3H3,(H,12,17)(H2,11,13,14,15). The van der Waals surface area contributed by atoms with Gasteiger partial charge in [0.1, 0.15) is 0 Å². The third-order valence-electron chi connectivity index (χ3n) is 2.28. The first-order valence-corrected chi connectivity index (χ1v) is 6.69. The summed E-state index contributed by atoms with van der Waals surface area (Å²) in [5.74, 6) is 0.902. The van der Waals surface area contributed by atoms with Crippen molar-refractivity contribution in [2.24, 2.45) is 0 Å². The summed E-state index contributed by atoms with van der Waals surface area (Å²) in [6.45, 7) is 5.61. The van der Waals surface area contributed by atoms with E-state index in [1.165, 1.54) is 11.8 Å². The van der Waals surface area contributed by atoms with Gasteiger partial charge in [0.15, 0.2) is 5.16 Å². The Balaban J connectivity index is 2.83. The van der Waals surface area contributed by atoms with Gasteiger partial charge in [-0.2, -0.15) is 15.0 Å². The second-order valence-corrected chi connectivity index (χ2v) is 4.35. The first-order chi connectivity index (χ1) is 8.60. The lowest BCUT2D eigenvalue weighted by molar-refractivity contribution is -0.118. The number of hydrogen-bond acceptors (Lipinski definition) is 7. The maximum Gasteiger partial charge on any atom is 0.231 e. The zero-order chi connectivity index (χ0) is 13.5. The van der Waals surface area contributed by atoms with Gasteiger partial charge in [0.2, 0.25) is 17.8 Å². The zero-order valence-electron chi connectivity index (χ0n) is 10.8. The quantitative estimate of drug-likeness (QED) is 0.709. The highest BCUT2D eigenvalue weighted by molar-refractivity contribution is 7.99. The smallest absolute Gasteiger partial charge is 0.231 e. The van der Waals surface area contributed by atoms with Crippen molar-refractivity contribution in [2.45, 2.75) is 19.0 Å². The van der Waals surface area contributed by atoms with Crippen molar-refractivity contribution in [1.29, 1.82) is 0 Å². The Morgan fingerprint density at radius 3 is 2.56 bits per heavy atom.